The molecule has 1 atom stereocenters. The smallest absolute Gasteiger partial charge is 0.366 e. The van der Waals surface area contributed by atoms with Crippen molar-refractivity contribution in [1.82, 2.24) is 0 Å². The predicted octanol–water partition coefficient (Wildman–Crippen LogP) is 2.50. The highest BCUT2D eigenvalue weighted by atomic mass is 19.4. The second-order valence-electron chi connectivity index (χ2n) is 3.71. The molecule has 1 saturated carbocycles. The molecular weight excluding hydrogens is 219 g/mol. The van der Waals surface area contributed by atoms with Gasteiger partial charge in [-0.15, -0.1) is 0 Å². The molecule has 0 aromatic heterocycles. The SMILES string of the molecule is NC(=O)c1cccc(C2[CH]C2)c1C(F)(F)F. The summed E-state index contributed by atoms with van der Waals surface area (Å²) >= 11 is 0. The number of alkyl halides is 3. The van der Waals surface area contributed by atoms with E-state index in [-0.39, 0.29) is 11.5 Å². The first-order valence-corrected chi connectivity index (χ1v) is 4.74. The highest BCUT2D eigenvalue weighted by Crippen LogP contribution is 2.46. The number of rotatable bonds is 2. The van der Waals surface area contributed by atoms with E-state index in [1.807, 2.05) is 0 Å². The Kier molecular flexibility index (Phi) is 2.40. The Balaban J connectivity index is 2.62. The summed E-state index contributed by atoms with van der Waals surface area (Å²) in [6.45, 7) is 0. The Labute approximate surface area is 90.2 Å². The van der Waals surface area contributed by atoms with E-state index in [1.54, 1.807) is 6.42 Å². The summed E-state index contributed by atoms with van der Waals surface area (Å²) in [5.41, 5.74) is 3.75. The second kappa shape index (κ2) is 3.50. The number of benzene rings is 1. The van der Waals surface area contributed by atoms with Gasteiger partial charge >= 0.3 is 6.18 Å². The second-order valence-corrected chi connectivity index (χ2v) is 3.71. The molecule has 0 spiro atoms. The zero-order chi connectivity index (χ0) is 11.9. The van der Waals surface area contributed by atoms with Gasteiger partial charge in [-0.25, -0.2) is 0 Å². The van der Waals surface area contributed by atoms with E-state index >= 15 is 0 Å². The van der Waals surface area contributed by atoms with E-state index in [4.69, 9.17) is 5.73 Å². The number of carbonyl (C=O) groups is 1. The van der Waals surface area contributed by atoms with E-state index < -0.39 is 23.2 Å². The molecule has 0 saturated heterocycles. The van der Waals surface area contributed by atoms with Crippen LogP contribution in [0.5, 0.6) is 0 Å². The van der Waals surface area contributed by atoms with Crippen LogP contribution in [0.2, 0.25) is 0 Å². The molecule has 16 heavy (non-hydrogen) atoms. The van der Waals surface area contributed by atoms with Gasteiger partial charge in [-0.1, -0.05) is 12.1 Å². The van der Waals surface area contributed by atoms with Crippen LogP contribution in [-0.2, 0) is 6.18 Å². The van der Waals surface area contributed by atoms with Gasteiger partial charge in [0.05, 0.1) is 11.1 Å². The minimum Gasteiger partial charge on any atom is -0.366 e. The Morgan fingerprint density at radius 1 is 1.38 bits per heavy atom. The van der Waals surface area contributed by atoms with E-state index in [1.165, 1.54) is 12.1 Å². The number of amides is 1. The number of hydrogen-bond donors (Lipinski definition) is 1. The van der Waals surface area contributed by atoms with Crippen LogP contribution in [0.25, 0.3) is 0 Å². The molecule has 2 rings (SSSR count). The van der Waals surface area contributed by atoms with Gasteiger partial charge in [0.25, 0.3) is 0 Å². The first-order valence-electron chi connectivity index (χ1n) is 4.74. The summed E-state index contributed by atoms with van der Waals surface area (Å²) in [5, 5.41) is 0. The molecular formula is C11H9F3NO. The van der Waals surface area contributed by atoms with Crippen molar-refractivity contribution in [3.05, 3.63) is 41.3 Å². The Hall–Kier alpha value is -1.52. The molecule has 1 aromatic carbocycles. The third-order valence-electron chi connectivity index (χ3n) is 2.52. The predicted molar refractivity (Wildman–Crippen MR) is 51.6 cm³/mol. The molecule has 0 aliphatic heterocycles. The van der Waals surface area contributed by atoms with Crippen molar-refractivity contribution in [2.45, 2.75) is 18.5 Å². The average molecular weight is 228 g/mol. The Bertz CT molecular complexity index is 435. The third-order valence-corrected chi connectivity index (χ3v) is 2.52. The van der Waals surface area contributed by atoms with Crippen molar-refractivity contribution in [3.63, 3.8) is 0 Å². The lowest BCUT2D eigenvalue weighted by Crippen LogP contribution is -2.20. The van der Waals surface area contributed by atoms with Crippen molar-refractivity contribution in [2.75, 3.05) is 0 Å². The molecule has 0 bridgehead atoms. The maximum Gasteiger partial charge on any atom is 0.417 e. The van der Waals surface area contributed by atoms with Gasteiger partial charge < -0.3 is 5.73 Å². The van der Waals surface area contributed by atoms with Gasteiger partial charge in [-0.05, 0) is 30.4 Å². The summed E-state index contributed by atoms with van der Waals surface area (Å²) in [7, 11) is 0. The lowest BCUT2D eigenvalue weighted by Gasteiger charge is -2.15. The minimum atomic E-state index is -4.54. The minimum absolute atomic E-state index is 0.142. The van der Waals surface area contributed by atoms with Crippen molar-refractivity contribution < 1.29 is 18.0 Å². The van der Waals surface area contributed by atoms with Crippen LogP contribution in [-0.4, -0.2) is 5.91 Å². The fourth-order valence-corrected chi connectivity index (χ4v) is 1.72. The quantitative estimate of drug-likeness (QED) is 0.830. The zero-order valence-corrected chi connectivity index (χ0v) is 8.21. The molecule has 5 heteroatoms. The van der Waals surface area contributed by atoms with Crippen LogP contribution in [0.1, 0.15) is 33.8 Å². The van der Waals surface area contributed by atoms with Gasteiger partial charge in [-0.2, -0.15) is 13.2 Å². The summed E-state index contributed by atoms with van der Waals surface area (Å²) < 4.78 is 38.5. The highest BCUT2D eigenvalue weighted by molar-refractivity contribution is 5.95. The van der Waals surface area contributed by atoms with Gasteiger partial charge in [0.2, 0.25) is 5.91 Å². The standard InChI is InChI=1S/C11H9F3NO/c12-11(13,14)9-7(6-4-5-6)2-1-3-8(9)10(15)16/h1-4,6H,5H2,(H2,15,16). The largest absolute Gasteiger partial charge is 0.417 e. The maximum absolute atomic E-state index is 12.8. The topological polar surface area (TPSA) is 43.1 Å². The highest BCUT2D eigenvalue weighted by Gasteiger charge is 2.41. The molecule has 1 aromatic rings. The average Bonchev–Trinajstić information content (AvgIpc) is 2.98. The van der Waals surface area contributed by atoms with E-state index in [0.717, 1.165) is 6.07 Å². The number of halogens is 3. The summed E-state index contributed by atoms with van der Waals surface area (Å²) in [6, 6.07) is 3.93. The number of primary amides is 1. The Morgan fingerprint density at radius 3 is 2.44 bits per heavy atom. The van der Waals surface area contributed by atoms with Crippen LogP contribution in [0.4, 0.5) is 13.2 Å². The molecule has 1 radical (unpaired) electrons. The van der Waals surface area contributed by atoms with Gasteiger partial charge in [-0.3, -0.25) is 4.79 Å². The normalized spacial score (nSPS) is 16.2. The van der Waals surface area contributed by atoms with E-state index in [0.29, 0.717) is 6.42 Å². The van der Waals surface area contributed by atoms with Crippen LogP contribution < -0.4 is 5.73 Å². The zero-order valence-electron chi connectivity index (χ0n) is 8.21. The van der Waals surface area contributed by atoms with Gasteiger partial charge in [0, 0.05) is 0 Å². The van der Waals surface area contributed by atoms with Crippen molar-refractivity contribution >= 4 is 5.91 Å². The van der Waals surface area contributed by atoms with Gasteiger partial charge in [0.15, 0.2) is 0 Å². The number of carbonyl (C=O) groups excluding carboxylic acids is 1. The first-order chi connectivity index (χ1) is 7.41. The molecule has 1 aliphatic carbocycles. The molecule has 1 unspecified atom stereocenters. The van der Waals surface area contributed by atoms with Crippen molar-refractivity contribution in [1.29, 1.82) is 0 Å². The molecule has 2 nitrogen and oxygen atoms in total. The summed E-state index contributed by atoms with van der Waals surface area (Å²) in [4.78, 5) is 11.0. The summed E-state index contributed by atoms with van der Waals surface area (Å²) in [6.07, 6.45) is -2.17. The molecule has 1 fully saturated rings. The van der Waals surface area contributed by atoms with Crippen LogP contribution in [0, 0.1) is 6.42 Å². The lowest BCUT2D eigenvalue weighted by atomic mass is 9.97. The van der Waals surface area contributed by atoms with Crippen LogP contribution in [0.3, 0.4) is 0 Å². The fourth-order valence-electron chi connectivity index (χ4n) is 1.72. The van der Waals surface area contributed by atoms with Crippen molar-refractivity contribution in [2.24, 2.45) is 5.73 Å². The maximum atomic E-state index is 12.8. The van der Waals surface area contributed by atoms with Gasteiger partial charge in [0.1, 0.15) is 0 Å². The molecule has 85 valence electrons. The molecule has 1 amide bonds. The van der Waals surface area contributed by atoms with Crippen LogP contribution in [0.15, 0.2) is 18.2 Å². The monoisotopic (exact) mass is 228 g/mol. The van der Waals surface area contributed by atoms with Crippen LogP contribution >= 0.6 is 0 Å². The van der Waals surface area contributed by atoms with E-state index in [9.17, 15) is 18.0 Å². The molecule has 0 heterocycles. The third kappa shape index (κ3) is 1.89. The number of nitrogens with two attached hydrogens (primary N) is 1. The van der Waals surface area contributed by atoms with E-state index in [2.05, 4.69) is 0 Å². The lowest BCUT2D eigenvalue weighted by molar-refractivity contribution is -0.138. The summed E-state index contributed by atoms with van der Waals surface area (Å²) in [5.74, 6) is -1.24. The molecule has 2 N–H and O–H groups in total. The van der Waals surface area contributed by atoms with Crippen molar-refractivity contribution in [3.8, 4) is 0 Å². The Morgan fingerprint density at radius 2 is 2.00 bits per heavy atom. The fraction of sp³-hybridized carbons (Fsp3) is 0.273. The molecule has 1 aliphatic rings. The first kappa shape index (κ1) is 11.0. The number of hydrogen-bond acceptors (Lipinski definition) is 1.